The van der Waals surface area contributed by atoms with E-state index in [1.807, 2.05) is 48.5 Å². The Balaban J connectivity index is 1.86. The number of benzene rings is 3. The third-order valence-electron chi connectivity index (χ3n) is 4.51. The Kier molecular flexibility index (Phi) is 2.91. The quantitative estimate of drug-likeness (QED) is 0.511. The lowest BCUT2D eigenvalue weighted by Gasteiger charge is -2.30. The molecule has 0 amide bonds. The van der Waals surface area contributed by atoms with Crippen molar-refractivity contribution in [1.82, 2.24) is 9.55 Å². The van der Waals surface area contributed by atoms with Gasteiger partial charge in [-0.1, -0.05) is 54.1 Å². The lowest BCUT2D eigenvalue weighted by Crippen LogP contribution is -2.25. The molecule has 0 saturated carbocycles. The second-order valence-electron chi connectivity index (χ2n) is 5.91. The van der Waals surface area contributed by atoms with E-state index < -0.39 is 0 Å². The van der Waals surface area contributed by atoms with Crippen molar-refractivity contribution in [3.63, 3.8) is 0 Å². The number of fused-ring (bicyclic) bond motifs is 5. The zero-order valence-corrected chi connectivity index (χ0v) is 13.5. The molecule has 0 bridgehead atoms. The number of nitrogens with zero attached hydrogens (tertiary/aromatic N) is 2. The van der Waals surface area contributed by atoms with Gasteiger partial charge >= 0.3 is 0 Å². The van der Waals surface area contributed by atoms with Gasteiger partial charge in [0.2, 0.25) is 0 Å². The molecule has 0 radical (unpaired) electrons. The molecule has 5 rings (SSSR count). The van der Waals surface area contributed by atoms with Gasteiger partial charge in [0, 0.05) is 21.8 Å². The van der Waals surface area contributed by atoms with Crippen LogP contribution in [0.25, 0.3) is 22.4 Å². The molecule has 0 saturated heterocycles. The molecule has 24 heavy (non-hydrogen) atoms. The topological polar surface area (TPSA) is 29.9 Å². The molecule has 116 valence electrons. The van der Waals surface area contributed by atoms with Crippen molar-refractivity contribution in [2.45, 2.75) is 6.17 Å². The molecule has 1 N–H and O–H groups in total. The van der Waals surface area contributed by atoms with Crippen LogP contribution >= 0.6 is 11.6 Å². The van der Waals surface area contributed by atoms with Crippen molar-refractivity contribution in [3.05, 3.63) is 83.4 Å². The number of para-hydroxylation sites is 3. The van der Waals surface area contributed by atoms with E-state index in [4.69, 9.17) is 16.6 Å². The van der Waals surface area contributed by atoms with Crippen LogP contribution in [-0.4, -0.2) is 9.55 Å². The minimum Gasteiger partial charge on any atom is -0.360 e. The molecule has 3 aromatic carbocycles. The molecule has 0 fully saturated rings. The summed E-state index contributed by atoms with van der Waals surface area (Å²) in [7, 11) is 0. The van der Waals surface area contributed by atoms with E-state index in [1.165, 1.54) is 0 Å². The molecule has 0 spiro atoms. The van der Waals surface area contributed by atoms with Crippen LogP contribution in [0.3, 0.4) is 0 Å². The van der Waals surface area contributed by atoms with Crippen LogP contribution in [0, 0.1) is 0 Å². The first-order valence-electron chi connectivity index (χ1n) is 7.90. The lowest BCUT2D eigenvalue weighted by molar-refractivity contribution is 0.669. The van der Waals surface area contributed by atoms with Gasteiger partial charge in [-0.25, -0.2) is 4.98 Å². The van der Waals surface area contributed by atoms with Crippen molar-refractivity contribution < 1.29 is 0 Å². The molecule has 4 aromatic rings. The molecule has 1 aromatic heterocycles. The Bertz CT molecular complexity index is 1070. The highest BCUT2D eigenvalue weighted by Gasteiger charge is 2.28. The summed E-state index contributed by atoms with van der Waals surface area (Å²) in [6.45, 7) is 0. The Hall–Kier alpha value is -2.78. The number of hydrogen-bond acceptors (Lipinski definition) is 2. The summed E-state index contributed by atoms with van der Waals surface area (Å²) >= 11 is 6.50. The van der Waals surface area contributed by atoms with Crippen molar-refractivity contribution in [2.24, 2.45) is 0 Å². The highest BCUT2D eigenvalue weighted by atomic mass is 35.5. The summed E-state index contributed by atoms with van der Waals surface area (Å²) in [6.07, 6.45) is -0.0870. The fraction of sp³-hybridized carbons (Fsp3) is 0.0500. The van der Waals surface area contributed by atoms with E-state index in [-0.39, 0.29) is 6.17 Å². The van der Waals surface area contributed by atoms with Gasteiger partial charge in [-0.3, -0.25) is 4.57 Å². The zero-order valence-electron chi connectivity index (χ0n) is 12.8. The van der Waals surface area contributed by atoms with Crippen LogP contribution in [0.4, 0.5) is 5.69 Å². The van der Waals surface area contributed by atoms with Gasteiger partial charge in [0.15, 0.2) is 0 Å². The maximum atomic E-state index is 6.50. The third-order valence-corrected chi connectivity index (χ3v) is 4.86. The molecule has 0 unspecified atom stereocenters. The van der Waals surface area contributed by atoms with Crippen LogP contribution in [0.15, 0.2) is 72.8 Å². The minimum atomic E-state index is -0.0870. The monoisotopic (exact) mass is 331 g/mol. The average Bonchev–Trinajstić information content (AvgIpc) is 3.01. The van der Waals surface area contributed by atoms with Gasteiger partial charge in [-0.2, -0.15) is 0 Å². The van der Waals surface area contributed by atoms with Crippen LogP contribution in [-0.2, 0) is 0 Å². The first-order valence-corrected chi connectivity index (χ1v) is 8.28. The smallest absolute Gasteiger partial charge is 0.145 e. The summed E-state index contributed by atoms with van der Waals surface area (Å²) in [6, 6.07) is 24.4. The van der Waals surface area contributed by atoms with Gasteiger partial charge in [-0.15, -0.1) is 0 Å². The Labute approximate surface area is 144 Å². The number of hydrogen-bond donors (Lipinski definition) is 1. The second-order valence-corrected chi connectivity index (χ2v) is 6.32. The SMILES string of the molecule is Clc1ccccc1[C@@H]1Nc2ccccc2-c2nc3ccccc3n21. The maximum Gasteiger partial charge on any atom is 0.145 e. The maximum absolute atomic E-state index is 6.50. The first-order chi connectivity index (χ1) is 11.8. The number of halogens is 1. The van der Waals surface area contributed by atoms with Crippen molar-refractivity contribution in [3.8, 4) is 11.4 Å². The standard InChI is InChI=1S/C20H14ClN3/c21-15-9-3-1-7-13(15)19-22-16-10-4-2-8-14(16)20-23-17-11-5-6-12-18(17)24(19)20/h1-12,19,22H/t19-/m1/s1. The predicted octanol–water partition coefficient (Wildman–Crippen LogP) is 5.33. The van der Waals surface area contributed by atoms with Gasteiger partial charge in [0.25, 0.3) is 0 Å². The van der Waals surface area contributed by atoms with Gasteiger partial charge in [-0.05, 0) is 30.3 Å². The number of nitrogens with one attached hydrogen (secondary N) is 1. The van der Waals surface area contributed by atoms with Crippen molar-refractivity contribution >= 4 is 28.3 Å². The lowest BCUT2D eigenvalue weighted by atomic mass is 10.1. The first kappa shape index (κ1) is 13.6. The Morgan fingerprint density at radius 3 is 2.54 bits per heavy atom. The Morgan fingerprint density at radius 2 is 1.62 bits per heavy atom. The second kappa shape index (κ2) is 5.11. The zero-order chi connectivity index (χ0) is 16.1. The number of aromatic nitrogens is 2. The highest BCUT2D eigenvalue weighted by molar-refractivity contribution is 6.31. The number of imidazole rings is 1. The molecule has 4 heteroatoms. The molecular formula is C20H14ClN3. The highest BCUT2D eigenvalue weighted by Crippen LogP contribution is 2.41. The third kappa shape index (κ3) is 1.88. The van der Waals surface area contributed by atoms with E-state index >= 15 is 0 Å². The van der Waals surface area contributed by atoms with E-state index in [9.17, 15) is 0 Å². The average molecular weight is 332 g/mol. The van der Waals surface area contributed by atoms with E-state index in [2.05, 4.69) is 34.1 Å². The molecule has 1 atom stereocenters. The fourth-order valence-electron chi connectivity index (χ4n) is 3.43. The summed E-state index contributed by atoms with van der Waals surface area (Å²) in [5.74, 6) is 0.968. The van der Waals surface area contributed by atoms with Crippen LogP contribution in [0.1, 0.15) is 11.7 Å². The minimum absolute atomic E-state index is 0.0870. The normalized spacial score (nSPS) is 15.6. The van der Waals surface area contributed by atoms with Gasteiger partial charge < -0.3 is 5.32 Å². The largest absolute Gasteiger partial charge is 0.360 e. The summed E-state index contributed by atoms with van der Waals surface area (Å²) in [5, 5.41) is 4.38. The van der Waals surface area contributed by atoms with Crippen LogP contribution in [0.2, 0.25) is 5.02 Å². The molecular weight excluding hydrogens is 318 g/mol. The summed E-state index contributed by atoms with van der Waals surface area (Å²) in [5.41, 5.74) is 5.31. The molecule has 1 aliphatic heterocycles. The van der Waals surface area contributed by atoms with Crippen LogP contribution in [0.5, 0.6) is 0 Å². The molecule has 2 heterocycles. The van der Waals surface area contributed by atoms with E-state index in [0.29, 0.717) is 0 Å². The molecule has 3 nitrogen and oxygen atoms in total. The van der Waals surface area contributed by atoms with Crippen LogP contribution < -0.4 is 5.32 Å². The van der Waals surface area contributed by atoms with Crippen molar-refractivity contribution in [1.29, 1.82) is 0 Å². The fourth-order valence-corrected chi connectivity index (χ4v) is 3.66. The number of rotatable bonds is 1. The molecule has 1 aliphatic rings. The van der Waals surface area contributed by atoms with Gasteiger partial charge in [0.1, 0.15) is 12.0 Å². The number of anilines is 1. The predicted molar refractivity (Wildman–Crippen MR) is 98.4 cm³/mol. The summed E-state index contributed by atoms with van der Waals surface area (Å²) in [4.78, 5) is 4.88. The van der Waals surface area contributed by atoms with Crippen molar-refractivity contribution in [2.75, 3.05) is 5.32 Å². The van der Waals surface area contributed by atoms with Gasteiger partial charge in [0.05, 0.1) is 11.0 Å². The molecule has 0 aliphatic carbocycles. The van der Waals surface area contributed by atoms with E-state index in [1.54, 1.807) is 0 Å². The van der Waals surface area contributed by atoms with E-state index in [0.717, 1.165) is 38.7 Å². The Morgan fingerprint density at radius 1 is 0.875 bits per heavy atom. The summed E-state index contributed by atoms with van der Waals surface area (Å²) < 4.78 is 2.24.